The molecule has 20 heavy (non-hydrogen) atoms. The molecule has 1 saturated carbocycles. The van der Waals surface area contributed by atoms with E-state index in [1.54, 1.807) is 16.4 Å². The highest BCUT2D eigenvalue weighted by molar-refractivity contribution is 7.89. The van der Waals surface area contributed by atoms with Gasteiger partial charge in [0, 0.05) is 12.5 Å². The first-order valence-electron chi connectivity index (χ1n) is 7.13. The first-order chi connectivity index (χ1) is 9.51. The van der Waals surface area contributed by atoms with Crippen LogP contribution in [0, 0.1) is 0 Å². The second-order valence-electron chi connectivity index (χ2n) is 5.73. The van der Waals surface area contributed by atoms with Gasteiger partial charge in [-0.3, -0.25) is 4.79 Å². The highest BCUT2D eigenvalue weighted by Crippen LogP contribution is 2.45. The predicted octanol–water partition coefficient (Wildman–Crippen LogP) is 2.65. The molecule has 0 unspecified atom stereocenters. The van der Waals surface area contributed by atoms with E-state index in [0.29, 0.717) is 4.90 Å². The number of benzene rings is 1. The van der Waals surface area contributed by atoms with Crippen LogP contribution < -0.4 is 0 Å². The summed E-state index contributed by atoms with van der Waals surface area (Å²) < 4.78 is 27.2. The molecule has 0 bridgehead atoms. The van der Waals surface area contributed by atoms with Gasteiger partial charge in [-0.2, -0.15) is 4.31 Å². The summed E-state index contributed by atoms with van der Waals surface area (Å²) >= 11 is 0. The van der Waals surface area contributed by atoms with E-state index < -0.39 is 10.0 Å². The Hall–Kier alpha value is -1.20. The zero-order chi connectivity index (χ0) is 14.3. The lowest BCUT2D eigenvalue weighted by molar-refractivity contribution is -0.117. The van der Waals surface area contributed by atoms with Crippen LogP contribution in [-0.2, 0) is 14.8 Å². The number of hydrogen-bond acceptors (Lipinski definition) is 3. The van der Waals surface area contributed by atoms with Crippen molar-refractivity contribution in [3.8, 4) is 0 Å². The Bertz CT molecular complexity index is 632. The zero-order valence-corrected chi connectivity index (χ0v) is 12.4. The van der Waals surface area contributed by atoms with Crippen molar-refractivity contribution in [2.45, 2.75) is 56.0 Å². The van der Waals surface area contributed by atoms with Crippen LogP contribution in [0.25, 0.3) is 0 Å². The molecule has 4 nitrogen and oxygen atoms in total. The average Bonchev–Trinajstić information content (AvgIpc) is 2.96. The molecule has 1 atom stereocenters. The third-order valence-corrected chi connectivity index (χ3v) is 6.34. The SMILES string of the molecule is CC(=O)C[C@H]1c2ccccc2S(=O)(=O)N1C1CCCC1. The number of carbonyl (C=O) groups is 1. The summed E-state index contributed by atoms with van der Waals surface area (Å²) in [6.45, 7) is 1.53. The first-order valence-corrected chi connectivity index (χ1v) is 8.57. The van der Waals surface area contributed by atoms with Gasteiger partial charge in [0.25, 0.3) is 0 Å². The van der Waals surface area contributed by atoms with Gasteiger partial charge >= 0.3 is 0 Å². The van der Waals surface area contributed by atoms with Crippen LogP contribution in [0.2, 0.25) is 0 Å². The molecule has 0 spiro atoms. The number of carbonyl (C=O) groups excluding carboxylic acids is 1. The van der Waals surface area contributed by atoms with Crippen LogP contribution in [0.5, 0.6) is 0 Å². The van der Waals surface area contributed by atoms with Crippen molar-refractivity contribution in [3.05, 3.63) is 29.8 Å². The van der Waals surface area contributed by atoms with Gasteiger partial charge < -0.3 is 0 Å². The largest absolute Gasteiger partial charge is 0.300 e. The first kappa shape index (κ1) is 13.8. The number of fused-ring (bicyclic) bond motifs is 1. The minimum atomic E-state index is -3.44. The molecule has 1 heterocycles. The van der Waals surface area contributed by atoms with E-state index in [1.807, 2.05) is 12.1 Å². The van der Waals surface area contributed by atoms with Gasteiger partial charge in [-0.1, -0.05) is 31.0 Å². The summed E-state index contributed by atoms with van der Waals surface area (Å²) in [6, 6.07) is 6.84. The van der Waals surface area contributed by atoms with Crippen LogP contribution in [0.4, 0.5) is 0 Å². The maximum Gasteiger partial charge on any atom is 0.244 e. The Labute approximate surface area is 119 Å². The smallest absolute Gasteiger partial charge is 0.244 e. The summed E-state index contributed by atoms with van der Waals surface area (Å²) in [5, 5.41) is 0. The van der Waals surface area contributed by atoms with E-state index in [0.717, 1.165) is 31.2 Å². The standard InChI is InChI=1S/C15H19NO3S/c1-11(17)10-14-13-8-4-5-9-15(13)20(18,19)16(14)12-6-2-3-7-12/h4-5,8-9,12,14H,2-3,6-7,10H2,1H3/t14-/m0/s1. The molecule has 1 aliphatic carbocycles. The fraction of sp³-hybridized carbons (Fsp3) is 0.533. The number of ketones is 1. The summed E-state index contributed by atoms with van der Waals surface area (Å²) in [5.41, 5.74) is 0.787. The number of Topliss-reactive ketones (excluding diaryl/α,β-unsaturated/α-hetero) is 1. The number of hydrogen-bond donors (Lipinski definition) is 0. The number of nitrogens with zero attached hydrogens (tertiary/aromatic N) is 1. The lowest BCUT2D eigenvalue weighted by Crippen LogP contribution is -2.37. The van der Waals surface area contributed by atoms with Crippen LogP contribution in [0.15, 0.2) is 29.2 Å². The van der Waals surface area contributed by atoms with Crippen molar-refractivity contribution in [2.75, 3.05) is 0 Å². The molecule has 108 valence electrons. The Balaban J connectivity index is 2.09. The molecule has 0 radical (unpaired) electrons. The van der Waals surface area contributed by atoms with Gasteiger partial charge in [0.15, 0.2) is 0 Å². The number of rotatable bonds is 3. The fourth-order valence-electron chi connectivity index (χ4n) is 3.49. The molecule has 1 fully saturated rings. The maximum absolute atomic E-state index is 12.8. The molecular formula is C15H19NO3S. The van der Waals surface area contributed by atoms with E-state index in [2.05, 4.69) is 0 Å². The van der Waals surface area contributed by atoms with Crippen molar-refractivity contribution < 1.29 is 13.2 Å². The summed E-state index contributed by atoms with van der Waals surface area (Å²) in [6.07, 6.45) is 4.22. The van der Waals surface area contributed by atoms with Gasteiger partial charge in [0.05, 0.1) is 10.9 Å². The van der Waals surface area contributed by atoms with E-state index >= 15 is 0 Å². The van der Waals surface area contributed by atoms with Crippen molar-refractivity contribution in [1.29, 1.82) is 0 Å². The Kier molecular flexibility index (Phi) is 3.42. The normalized spacial score (nSPS) is 25.8. The minimum absolute atomic E-state index is 0.0323. The third kappa shape index (κ3) is 2.09. The fourth-order valence-corrected chi connectivity index (χ4v) is 5.60. The van der Waals surface area contributed by atoms with Crippen LogP contribution >= 0.6 is 0 Å². The lowest BCUT2D eigenvalue weighted by atomic mass is 10.0. The second kappa shape index (κ2) is 4.97. The van der Waals surface area contributed by atoms with Crippen LogP contribution in [0.3, 0.4) is 0 Å². The Morgan fingerprint density at radius 1 is 1.25 bits per heavy atom. The number of sulfonamides is 1. The lowest BCUT2D eigenvalue weighted by Gasteiger charge is -2.28. The van der Waals surface area contributed by atoms with E-state index in [1.165, 1.54) is 6.92 Å². The molecular weight excluding hydrogens is 274 g/mol. The summed E-state index contributed by atoms with van der Waals surface area (Å²) in [4.78, 5) is 11.9. The van der Waals surface area contributed by atoms with Gasteiger partial charge in [-0.15, -0.1) is 0 Å². The molecule has 0 saturated heterocycles. The van der Waals surface area contributed by atoms with Crippen LogP contribution in [-0.4, -0.2) is 24.5 Å². The summed E-state index contributed by atoms with van der Waals surface area (Å²) in [5.74, 6) is 0.0323. The highest BCUT2D eigenvalue weighted by atomic mass is 32.2. The molecule has 2 aliphatic rings. The third-order valence-electron chi connectivity index (χ3n) is 4.31. The maximum atomic E-state index is 12.8. The van der Waals surface area contributed by atoms with Crippen molar-refractivity contribution in [3.63, 3.8) is 0 Å². The van der Waals surface area contributed by atoms with Crippen molar-refractivity contribution in [1.82, 2.24) is 4.31 Å². The minimum Gasteiger partial charge on any atom is -0.300 e. The van der Waals surface area contributed by atoms with Crippen molar-refractivity contribution >= 4 is 15.8 Å². The highest BCUT2D eigenvalue weighted by Gasteiger charge is 2.46. The van der Waals surface area contributed by atoms with Gasteiger partial charge in [-0.25, -0.2) is 8.42 Å². The summed E-state index contributed by atoms with van der Waals surface area (Å²) in [7, 11) is -3.44. The van der Waals surface area contributed by atoms with Gasteiger partial charge in [0.2, 0.25) is 10.0 Å². The molecule has 0 aromatic heterocycles. The zero-order valence-electron chi connectivity index (χ0n) is 11.6. The Morgan fingerprint density at radius 2 is 1.90 bits per heavy atom. The van der Waals surface area contributed by atoms with E-state index in [9.17, 15) is 13.2 Å². The molecule has 1 aromatic rings. The van der Waals surface area contributed by atoms with E-state index in [-0.39, 0.29) is 24.3 Å². The van der Waals surface area contributed by atoms with Crippen LogP contribution in [0.1, 0.15) is 50.6 Å². The topological polar surface area (TPSA) is 54.5 Å². The predicted molar refractivity (Wildman–Crippen MR) is 75.8 cm³/mol. The quantitative estimate of drug-likeness (QED) is 0.861. The molecule has 0 N–H and O–H groups in total. The molecule has 1 aromatic carbocycles. The molecule has 5 heteroatoms. The average molecular weight is 293 g/mol. The second-order valence-corrected chi connectivity index (χ2v) is 7.54. The molecule has 0 amide bonds. The van der Waals surface area contributed by atoms with Crippen molar-refractivity contribution in [2.24, 2.45) is 0 Å². The van der Waals surface area contributed by atoms with Gasteiger partial charge in [0.1, 0.15) is 5.78 Å². The van der Waals surface area contributed by atoms with E-state index in [4.69, 9.17) is 0 Å². The monoisotopic (exact) mass is 293 g/mol. The van der Waals surface area contributed by atoms with Gasteiger partial charge in [-0.05, 0) is 31.4 Å². The Morgan fingerprint density at radius 3 is 2.55 bits per heavy atom. The molecule has 3 rings (SSSR count). The molecule has 1 aliphatic heterocycles.